The molecule has 2 aromatic heterocycles. The molecule has 0 aliphatic heterocycles. The average molecular weight is 254 g/mol. The van der Waals surface area contributed by atoms with Crippen LogP contribution in [0.1, 0.15) is 0 Å². The zero-order valence-electron chi connectivity index (χ0n) is 10.8. The highest BCUT2D eigenvalue weighted by Gasteiger charge is 2.09. The summed E-state index contributed by atoms with van der Waals surface area (Å²) in [7, 11) is 3.78. The van der Waals surface area contributed by atoms with Gasteiger partial charge in [-0.25, -0.2) is 4.98 Å². The van der Waals surface area contributed by atoms with Crippen molar-refractivity contribution in [1.29, 1.82) is 0 Å². The molecule has 0 aliphatic carbocycles. The molecule has 0 aliphatic rings. The Labute approximate surface area is 110 Å². The lowest BCUT2D eigenvalue weighted by molar-refractivity contribution is 0.475. The maximum Gasteiger partial charge on any atom is 0.204 e. The number of aromatic nitrogens is 3. The Morgan fingerprint density at radius 1 is 1.16 bits per heavy atom. The molecule has 0 unspecified atom stereocenters. The second-order valence-electron chi connectivity index (χ2n) is 4.36. The van der Waals surface area contributed by atoms with E-state index < -0.39 is 0 Å². The summed E-state index contributed by atoms with van der Waals surface area (Å²) in [5, 5.41) is 12.3. The number of fused-ring (bicyclic) bond motifs is 1. The molecular formula is C14H14N4O. The van der Waals surface area contributed by atoms with Crippen molar-refractivity contribution in [2.45, 2.75) is 0 Å². The van der Waals surface area contributed by atoms with Gasteiger partial charge in [0.1, 0.15) is 5.75 Å². The van der Waals surface area contributed by atoms with E-state index in [-0.39, 0.29) is 5.75 Å². The fraction of sp³-hybridized carbons (Fsp3) is 0.143. The van der Waals surface area contributed by atoms with Crippen LogP contribution in [0.25, 0.3) is 22.3 Å². The van der Waals surface area contributed by atoms with Crippen molar-refractivity contribution in [3.63, 3.8) is 0 Å². The van der Waals surface area contributed by atoms with Gasteiger partial charge < -0.3 is 15.0 Å². The molecule has 0 amide bonds. The van der Waals surface area contributed by atoms with Gasteiger partial charge >= 0.3 is 0 Å². The Morgan fingerprint density at radius 3 is 2.58 bits per heavy atom. The number of benzene rings is 1. The van der Waals surface area contributed by atoms with Crippen LogP contribution < -0.4 is 5.32 Å². The van der Waals surface area contributed by atoms with Gasteiger partial charge in [0.05, 0.1) is 5.52 Å². The number of hydrogen-bond donors (Lipinski definition) is 2. The summed E-state index contributed by atoms with van der Waals surface area (Å²) in [4.78, 5) is 8.76. The van der Waals surface area contributed by atoms with E-state index in [9.17, 15) is 5.11 Å². The van der Waals surface area contributed by atoms with Crippen LogP contribution in [0.15, 0.2) is 36.5 Å². The molecule has 0 saturated heterocycles. The number of phenols is 1. The number of aryl methyl sites for hydroxylation is 1. The summed E-state index contributed by atoms with van der Waals surface area (Å²) < 4.78 is 1.96. The number of hydrogen-bond acceptors (Lipinski definition) is 4. The lowest BCUT2D eigenvalue weighted by Gasteiger charge is -2.03. The first kappa shape index (κ1) is 11.5. The number of rotatable bonds is 2. The minimum atomic E-state index is 0.260. The number of aromatic hydroxyl groups is 1. The van der Waals surface area contributed by atoms with Crippen LogP contribution >= 0.6 is 0 Å². The van der Waals surface area contributed by atoms with Gasteiger partial charge in [0.15, 0.2) is 5.65 Å². The van der Waals surface area contributed by atoms with Gasteiger partial charge in [-0.2, -0.15) is 4.98 Å². The zero-order chi connectivity index (χ0) is 13.4. The minimum absolute atomic E-state index is 0.260. The molecule has 2 heterocycles. The van der Waals surface area contributed by atoms with Crippen LogP contribution in [0, 0.1) is 0 Å². The van der Waals surface area contributed by atoms with Gasteiger partial charge in [0, 0.05) is 25.9 Å². The lowest BCUT2D eigenvalue weighted by atomic mass is 10.1. The van der Waals surface area contributed by atoms with E-state index in [2.05, 4.69) is 15.3 Å². The normalized spacial score (nSPS) is 10.8. The number of imidazole rings is 1. The van der Waals surface area contributed by atoms with Gasteiger partial charge in [0.25, 0.3) is 0 Å². The molecule has 0 saturated carbocycles. The quantitative estimate of drug-likeness (QED) is 0.737. The van der Waals surface area contributed by atoms with Crippen LogP contribution in [0.2, 0.25) is 0 Å². The Morgan fingerprint density at radius 2 is 1.89 bits per heavy atom. The van der Waals surface area contributed by atoms with E-state index in [1.54, 1.807) is 18.3 Å². The van der Waals surface area contributed by atoms with E-state index in [0.717, 1.165) is 28.2 Å². The van der Waals surface area contributed by atoms with Crippen molar-refractivity contribution in [3.8, 4) is 16.9 Å². The molecule has 0 bridgehead atoms. The number of anilines is 1. The van der Waals surface area contributed by atoms with Gasteiger partial charge in [-0.1, -0.05) is 12.1 Å². The van der Waals surface area contributed by atoms with Crippen molar-refractivity contribution in [3.05, 3.63) is 36.5 Å². The molecule has 3 rings (SSSR count). The van der Waals surface area contributed by atoms with Crippen LogP contribution in [0.3, 0.4) is 0 Å². The lowest BCUT2D eigenvalue weighted by Crippen LogP contribution is -1.97. The Balaban J connectivity index is 2.15. The van der Waals surface area contributed by atoms with E-state index in [1.165, 1.54) is 0 Å². The summed E-state index contributed by atoms with van der Waals surface area (Å²) in [5.74, 6) is 1.04. The fourth-order valence-corrected chi connectivity index (χ4v) is 2.10. The van der Waals surface area contributed by atoms with Crippen molar-refractivity contribution in [1.82, 2.24) is 14.5 Å². The summed E-state index contributed by atoms with van der Waals surface area (Å²) in [5.41, 5.74) is 3.70. The van der Waals surface area contributed by atoms with Crippen molar-refractivity contribution < 1.29 is 5.11 Å². The van der Waals surface area contributed by atoms with Gasteiger partial charge in [-0.05, 0) is 23.8 Å². The highest BCUT2D eigenvalue weighted by Crippen LogP contribution is 2.25. The molecular weight excluding hydrogens is 240 g/mol. The van der Waals surface area contributed by atoms with Crippen molar-refractivity contribution in [2.24, 2.45) is 7.05 Å². The molecule has 3 aromatic rings. The third-order valence-electron chi connectivity index (χ3n) is 3.16. The first-order valence-corrected chi connectivity index (χ1v) is 5.98. The number of nitrogens with zero attached hydrogens (tertiary/aromatic N) is 3. The van der Waals surface area contributed by atoms with E-state index in [1.807, 2.05) is 36.9 Å². The second kappa shape index (κ2) is 4.28. The molecule has 5 heteroatoms. The molecule has 0 atom stereocenters. The second-order valence-corrected chi connectivity index (χ2v) is 4.36. The standard InChI is InChI=1S/C14H14N4O/c1-15-14-17-13-12(18(14)2)7-10(8-16-13)9-3-5-11(19)6-4-9/h3-8,19H,1-2H3,(H,15,16,17). The van der Waals surface area contributed by atoms with Crippen LogP contribution in [-0.2, 0) is 7.05 Å². The molecule has 0 spiro atoms. The Bertz CT molecular complexity index is 731. The Hall–Kier alpha value is -2.56. The number of phenolic OH excluding ortho intramolecular Hbond substituents is 1. The third-order valence-corrected chi connectivity index (χ3v) is 3.16. The van der Waals surface area contributed by atoms with Gasteiger partial charge in [-0.3, -0.25) is 0 Å². The van der Waals surface area contributed by atoms with E-state index in [4.69, 9.17) is 0 Å². The highest BCUT2D eigenvalue weighted by atomic mass is 16.3. The Kier molecular flexibility index (Phi) is 2.59. The van der Waals surface area contributed by atoms with Gasteiger partial charge in [-0.15, -0.1) is 0 Å². The molecule has 0 radical (unpaired) electrons. The largest absolute Gasteiger partial charge is 0.508 e. The zero-order valence-corrected chi connectivity index (χ0v) is 10.8. The molecule has 96 valence electrons. The molecule has 5 nitrogen and oxygen atoms in total. The SMILES string of the molecule is CNc1nc2ncc(-c3ccc(O)cc3)cc2n1C. The van der Waals surface area contributed by atoms with Crippen LogP contribution in [-0.4, -0.2) is 26.7 Å². The van der Waals surface area contributed by atoms with Gasteiger partial charge in [0.2, 0.25) is 5.95 Å². The average Bonchev–Trinajstić information content (AvgIpc) is 2.76. The number of nitrogens with one attached hydrogen (secondary N) is 1. The highest BCUT2D eigenvalue weighted by molar-refractivity contribution is 5.80. The first-order valence-electron chi connectivity index (χ1n) is 5.98. The number of pyridine rings is 1. The third kappa shape index (κ3) is 1.89. The molecule has 2 N–H and O–H groups in total. The summed E-state index contributed by atoms with van der Waals surface area (Å²) in [6.45, 7) is 0. The van der Waals surface area contributed by atoms with E-state index in [0.29, 0.717) is 0 Å². The minimum Gasteiger partial charge on any atom is -0.508 e. The summed E-state index contributed by atoms with van der Waals surface area (Å²) in [6.07, 6.45) is 1.79. The summed E-state index contributed by atoms with van der Waals surface area (Å²) in [6, 6.07) is 9.12. The fourth-order valence-electron chi connectivity index (χ4n) is 2.10. The summed E-state index contributed by atoms with van der Waals surface area (Å²) >= 11 is 0. The maximum absolute atomic E-state index is 9.32. The monoisotopic (exact) mass is 254 g/mol. The van der Waals surface area contributed by atoms with Crippen molar-refractivity contribution in [2.75, 3.05) is 12.4 Å². The van der Waals surface area contributed by atoms with Crippen LogP contribution in [0.4, 0.5) is 5.95 Å². The predicted octanol–water partition coefficient (Wildman–Crippen LogP) is 2.38. The van der Waals surface area contributed by atoms with E-state index >= 15 is 0 Å². The topological polar surface area (TPSA) is 63.0 Å². The van der Waals surface area contributed by atoms with Crippen molar-refractivity contribution >= 4 is 17.1 Å². The predicted molar refractivity (Wildman–Crippen MR) is 75.2 cm³/mol. The van der Waals surface area contributed by atoms with Crippen LogP contribution in [0.5, 0.6) is 5.75 Å². The first-order chi connectivity index (χ1) is 9.19. The maximum atomic E-state index is 9.32. The molecule has 19 heavy (non-hydrogen) atoms. The molecule has 0 fully saturated rings. The smallest absolute Gasteiger partial charge is 0.204 e. The molecule has 1 aromatic carbocycles.